The van der Waals surface area contributed by atoms with Gasteiger partial charge in [0.1, 0.15) is 0 Å². The van der Waals surface area contributed by atoms with Crippen LogP contribution < -0.4 is 4.90 Å². The van der Waals surface area contributed by atoms with Crippen LogP contribution in [0.4, 0.5) is 11.6 Å². The van der Waals surface area contributed by atoms with Gasteiger partial charge in [-0.05, 0) is 29.8 Å². The lowest BCUT2D eigenvalue weighted by atomic mass is 10.2. The third-order valence-electron chi connectivity index (χ3n) is 3.12. The molecule has 100 valence electrons. The molecule has 0 aliphatic heterocycles. The van der Waals surface area contributed by atoms with Crippen molar-refractivity contribution >= 4 is 28.9 Å². The second kappa shape index (κ2) is 5.17. The molecule has 1 N–H and O–H groups in total. The second-order valence-electron chi connectivity index (χ2n) is 4.82. The highest BCUT2D eigenvalue weighted by atomic mass is 15.1. The van der Waals surface area contributed by atoms with Gasteiger partial charge in [0, 0.05) is 26.0 Å². The summed E-state index contributed by atoms with van der Waals surface area (Å²) in [6.45, 7) is 0. The second-order valence-corrected chi connectivity index (χ2v) is 4.82. The molecule has 0 fully saturated rings. The Balaban J connectivity index is 1.82. The quantitative estimate of drug-likeness (QED) is 0.737. The fourth-order valence-electron chi connectivity index (χ4n) is 1.99. The first-order valence-corrected chi connectivity index (χ1v) is 6.48. The van der Waals surface area contributed by atoms with Crippen LogP contribution in [0.2, 0.25) is 0 Å². The number of H-pyrrole nitrogens is 1. The van der Waals surface area contributed by atoms with Gasteiger partial charge in [0.15, 0.2) is 0 Å². The number of hydrogen-bond acceptors (Lipinski definition) is 3. The van der Waals surface area contributed by atoms with Crippen molar-refractivity contribution in [3.8, 4) is 0 Å². The summed E-state index contributed by atoms with van der Waals surface area (Å²) < 4.78 is 0. The number of benzene rings is 2. The third-order valence-corrected chi connectivity index (χ3v) is 3.12. The summed E-state index contributed by atoms with van der Waals surface area (Å²) in [5, 5.41) is 0. The summed E-state index contributed by atoms with van der Waals surface area (Å²) in [7, 11) is 4.05. The number of nitrogens with one attached hydrogen (secondary N) is 1. The Morgan fingerprint density at radius 1 is 1.05 bits per heavy atom. The first-order chi connectivity index (χ1) is 9.72. The minimum absolute atomic E-state index is 0.628. The molecule has 0 bridgehead atoms. The highest BCUT2D eigenvalue weighted by molar-refractivity contribution is 5.83. The van der Waals surface area contributed by atoms with Gasteiger partial charge < -0.3 is 9.88 Å². The molecule has 0 aliphatic carbocycles. The summed E-state index contributed by atoms with van der Waals surface area (Å²) in [5.41, 5.74) is 4.16. The number of aliphatic imine (C=N–C) groups is 1. The Bertz CT molecular complexity index is 706. The first kappa shape index (κ1) is 12.4. The van der Waals surface area contributed by atoms with E-state index in [2.05, 4.69) is 32.0 Å². The topological polar surface area (TPSA) is 44.3 Å². The average Bonchev–Trinajstić information content (AvgIpc) is 2.88. The van der Waals surface area contributed by atoms with E-state index in [0.29, 0.717) is 5.95 Å². The fraction of sp³-hybridized carbons (Fsp3) is 0.125. The molecule has 0 saturated carbocycles. The van der Waals surface area contributed by atoms with Crippen molar-refractivity contribution in [3.63, 3.8) is 0 Å². The number of hydrogen-bond donors (Lipinski definition) is 1. The number of nitrogens with zero attached hydrogens (tertiary/aromatic N) is 3. The zero-order valence-corrected chi connectivity index (χ0v) is 11.5. The molecule has 0 atom stereocenters. The molecular weight excluding hydrogens is 248 g/mol. The maximum absolute atomic E-state index is 4.41. The molecule has 0 unspecified atom stereocenters. The van der Waals surface area contributed by atoms with Crippen molar-refractivity contribution in [2.45, 2.75) is 0 Å². The third kappa shape index (κ3) is 2.54. The zero-order chi connectivity index (χ0) is 13.9. The molecule has 0 radical (unpaired) electrons. The van der Waals surface area contributed by atoms with Gasteiger partial charge in [0.25, 0.3) is 0 Å². The first-order valence-electron chi connectivity index (χ1n) is 6.48. The summed E-state index contributed by atoms with van der Waals surface area (Å²) in [6, 6.07) is 16.1. The van der Waals surface area contributed by atoms with E-state index in [0.717, 1.165) is 16.6 Å². The van der Waals surface area contributed by atoms with Crippen LogP contribution in [0.3, 0.4) is 0 Å². The maximum Gasteiger partial charge on any atom is 0.227 e. The van der Waals surface area contributed by atoms with Crippen LogP contribution in [-0.2, 0) is 0 Å². The normalized spacial score (nSPS) is 11.3. The summed E-state index contributed by atoms with van der Waals surface area (Å²) >= 11 is 0. The van der Waals surface area contributed by atoms with Crippen LogP contribution >= 0.6 is 0 Å². The van der Waals surface area contributed by atoms with E-state index in [9.17, 15) is 0 Å². The molecule has 4 heteroatoms. The van der Waals surface area contributed by atoms with Crippen LogP contribution in [0.15, 0.2) is 53.5 Å². The molecule has 20 heavy (non-hydrogen) atoms. The van der Waals surface area contributed by atoms with Crippen molar-refractivity contribution in [2.24, 2.45) is 4.99 Å². The molecular formula is C16H16N4. The lowest BCUT2D eigenvalue weighted by Gasteiger charge is -2.11. The van der Waals surface area contributed by atoms with Crippen LogP contribution in [0.25, 0.3) is 11.0 Å². The van der Waals surface area contributed by atoms with E-state index in [4.69, 9.17) is 0 Å². The van der Waals surface area contributed by atoms with Gasteiger partial charge in [-0.15, -0.1) is 0 Å². The Hall–Kier alpha value is -2.62. The molecule has 3 aromatic rings. The molecule has 4 nitrogen and oxygen atoms in total. The molecule has 0 amide bonds. The molecule has 3 rings (SSSR count). The zero-order valence-electron chi connectivity index (χ0n) is 11.5. The number of fused-ring (bicyclic) bond motifs is 1. The van der Waals surface area contributed by atoms with Crippen LogP contribution in [-0.4, -0.2) is 30.3 Å². The van der Waals surface area contributed by atoms with Crippen LogP contribution in [0.1, 0.15) is 5.56 Å². The van der Waals surface area contributed by atoms with Gasteiger partial charge in [-0.2, -0.15) is 0 Å². The smallest absolute Gasteiger partial charge is 0.227 e. The van der Waals surface area contributed by atoms with Gasteiger partial charge in [-0.25, -0.2) is 9.98 Å². The standard InChI is InChI=1S/C16H16N4/c1-20(2)13-9-7-12(8-10-13)11-17-16-18-14-5-3-4-6-15(14)19-16/h3-11H,1-2H3,(H,18,19)/b17-11+. The predicted octanol–water partition coefficient (Wildman–Crippen LogP) is 3.38. The fourth-order valence-corrected chi connectivity index (χ4v) is 1.99. The number of aromatic amines is 1. The molecule has 0 saturated heterocycles. The van der Waals surface area contributed by atoms with Crippen molar-refractivity contribution < 1.29 is 0 Å². The number of para-hydroxylation sites is 2. The van der Waals surface area contributed by atoms with E-state index in [1.54, 1.807) is 0 Å². The van der Waals surface area contributed by atoms with Gasteiger partial charge in [0.05, 0.1) is 11.0 Å². The van der Waals surface area contributed by atoms with Crippen molar-refractivity contribution in [3.05, 3.63) is 54.1 Å². The minimum Gasteiger partial charge on any atom is -0.378 e. The SMILES string of the molecule is CN(C)c1ccc(/C=N/c2nc3ccccc3[nH]2)cc1. The monoisotopic (exact) mass is 264 g/mol. The van der Waals surface area contributed by atoms with Crippen molar-refractivity contribution in [1.82, 2.24) is 9.97 Å². The van der Waals surface area contributed by atoms with E-state index in [1.807, 2.05) is 56.7 Å². The number of rotatable bonds is 3. The Morgan fingerprint density at radius 2 is 1.80 bits per heavy atom. The average molecular weight is 264 g/mol. The van der Waals surface area contributed by atoms with Gasteiger partial charge in [-0.1, -0.05) is 24.3 Å². The Morgan fingerprint density at radius 3 is 2.50 bits per heavy atom. The van der Waals surface area contributed by atoms with E-state index < -0.39 is 0 Å². The molecule has 0 aliphatic rings. The van der Waals surface area contributed by atoms with E-state index in [-0.39, 0.29) is 0 Å². The van der Waals surface area contributed by atoms with Crippen molar-refractivity contribution in [2.75, 3.05) is 19.0 Å². The Kier molecular flexibility index (Phi) is 3.21. The summed E-state index contributed by atoms with van der Waals surface area (Å²) in [6.07, 6.45) is 1.82. The molecule has 1 heterocycles. The molecule has 1 aromatic heterocycles. The van der Waals surface area contributed by atoms with Crippen LogP contribution in [0.5, 0.6) is 0 Å². The highest BCUT2D eigenvalue weighted by Crippen LogP contribution is 2.16. The minimum atomic E-state index is 0.628. The maximum atomic E-state index is 4.41. The van der Waals surface area contributed by atoms with E-state index in [1.165, 1.54) is 5.69 Å². The predicted molar refractivity (Wildman–Crippen MR) is 84.1 cm³/mol. The van der Waals surface area contributed by atoms with Gasteiger partial charge in [-0.3, -0.25) is 0 Å². The van der Waals surface area contributed by atoms with Gasteiger partial charge in [0.2, 0.25) is 5.95 Å². The van der Waals surface area contributed by atoms with Crippen LogP contribution in [0, 0.1) is 0 Å². The lowest BCUT2D eigenvalue weighted by molar-refractivity contribution is 1.13. The molecule has 2 aromatic carbocycles. The van der Waals surface area contributed by atoms with E-state index >= 15 is 0 Å². The molecule has 0 spiro atoms. The summed E-state index contributed by atoms with van der Waals surface area (Å²) in [5.74, 6) is 0.628. The highest BCUT2D eigenvalue weighted by Gasteiger charge is 1.99. The Labute approximate surface area is 117 Å². The largest absolute Gasteiger partial charge is 0.378 e. The number of aromatic nitrogens is 2. The lowest BCUT2D eigenvalue weighted by Crippen LogP contribution is -2.08. The van der Waals surface area contributed by atoms with Gasteiger partial charge >= 0.3 is 0 Å². The number of anilines is 1. The van der Waals surface area contributed by atoms with Crippen molar-refractivity contribution in [1.29, 1.82) is 0 Å². The summed E-state index contributed by atoms with van der Waals surface area (Å²) in [4.78, 5) is 14.0. The number of imidazole rings is 1.